The first kappa shape index (κ1) is 16.0. The van der Waals surface area contributed by atoms with Crippen LogP contribution < -0.4 is 9.64 Å². The molecule has 126 valence electrons. The van der Waals surface area contributed by atoms with Crippen molar-refractivity contribution in [3.05, 3.63) is 48.3 Å². The summed E-state index contributed by atoms with van der Waals surface area (Å²) < 4.78 is 44.9. The number of para-hydroxylation sites is 1. The number of alkyl halides is 3. The van der Waals surface area contributed by atoms with Crippen LogP contribution in [0.3, 0.4) is 0 Å². The molecule has 0 aliphatic carbocycles. The zero-order chi connectivity index (χ0) is 17.2. The topological polar surface area (TPSA) is 55.5 Å². The van der Waals surface area contributed by atoms with Gasteiger partial charge >= 0.3 is 6.18 Å². The summed E-state index contributed by atoms with van der Waals surface area (Å²) in [6, 6.07) is 12.3. The second-order valence-corrected chi connectivity index (χ2v) is 5.07. The van der Waals surface area contributed by atoms with Crippen molar-refractivity contribution in [2.45, 2.75) is 6.18 Å². The standard InChI is InChI=1S/C15H14F3N5O/c1-22(9-10-24-11-5-3-2-4-6-11)13-8-7-12-19-20-14(15(16,17)18)23(12)21-13/h2-8H,9-10H2,1H3. The summed E-state index contributed by atoms with van der Waals surface area (Å²) in [6.45, 7) is 0.825. The van der Waals surface area contributed by atoms with Gasteiger partial charge in [0.1, 0.15) is 18.2 Å². The van der Waals surface area contributed by atoms with Crippen LogP contribution in [0, 0.1) is 0 Å². The highest BCUT2D eigenvalue weighted by Gasteiger charge is 2.37. The van der Waals surface area contributed by atoms with Crippen molar-refractivity contribution in [1.82, 2.24) is 19.8 Å². The lowest BCUT2D eigenvalue weighted by atomic mass is 10.3. The van der Waals surface area contributed by atoms with Crippen molar-refractivity contribution in [1.29, 1.82) is 0 Å². The number of hydrogen-bond donors (Lipinski definition) is 0. The molecule has 9 heteroatoms. The van der Waals surface area contributed by atoms with Crippen molar-refractivity contribution >= 4 is 11.5 Å². The summed E-state index contributed by atoms with van der Waals surface area (Å²) in [5.41, 5.74) is 0.0417. The second-order valence-electron chi connectivity index (χ2n) is 5.07. The van der Waals surface area contributed by atoms with E-state index in [1.165, 1.54) is 6.07 Å². The first-order valence-electron chi connectivity index (χ1n) is 7.14. The van der Waals surface area contributed by atoms with E-state index in [1.54, 1.807) is 18.0 Å². The number of benzene rings is 1. The Morgan fingerprint density at radius 3 is 2.54 bits per heavy atom. The molecule has 2 heterocycles. The number of halogens is 3. The Hall–Kier alpha value is -2.84. The fraction of sp³-hybridized carbons (Fsp3) is 0.267. The SMILES string of the molecule is CN(CCOc1ccccc1)c1ccc2nnc(C(F)(F)F)n2n1. The van der Waals surface area contributed by atoms with E-state index in [4.69, 9.17) is 4.74 Å². The average molecular weight is 337 g/mol. The molecule has 0 N–H and O–H groups in total. The number of hydrogen-bond acceptors (Lipinski definition) is 5. The Labute approximate surface area is 135 Å². The van der Waals surface area contributed by atoms with Gasteiger partial charge in [-0.3, -0.25) is 0 Å². The lowest BCUT2D eigenvalue weighted by Crippen LogP contribution is -2.25. The molecule has 2 aromatic heterocycles. The molecule has 0 saturated carbocycles. The van der Waals surface area contributed by atoms with E-state index in [0.29, 0.717) is 23.5 Å². The van der Waals surface area contributed by atoms with Crippen LogP contribution in [-0.2, 0) is 6.18 Å². The Kier molecular flexibility index (Phi) is 4.24. The lowest BCUT2D eigenvalue weighted by molar-refractivity contribution is -0.146. The quantitative estimate of drug-likeness (QED) is 0.716. The Morgan fingerprint density at radius 1 is 1.08 bits per heavy atom. The van der Waals surface area contributed by atoms with Gasteiger partial charge in [0, 0.05) is 7.05 Å². The third kappa shape index (κ3) is 3.39. The number of aromatic nitrogens is 4. The van der Waals surface area contributed by atoms with E-state index in [-0.39, 0.29) is 5.65 Å². The van der Waals surface area contributed by atoms with Gasteiger partial charge in [0.05, 0.1) is 6.54 Å². The number of anilines is 1. The van der Waals surface area contributed by atoms with Gasteiger partial charge in [0.25, 0.3) is 5.82 Å². The summed E-state index contributed by atoms with van der Waals surface area (Å²) in [5.74, 6) is -0.0507. The Morgan fingerprint density at radius 2 is 1.83 bits per heavy atom. The smallest absolute Gasteiger partial charge is 0.453 e. The van der Waals surface area contributed by atoms with Crippen LogP contribution in [0.4, 0.5) is 19.0 Å². The molecule has 0 radical (unpaired) electrons. The number of nitrogens with zero attached hydrogens (tertiary/aromatic N) is 5. The van der Waals surface area contributed by atoms with E-state index >= 15 is 0 Å². The molecule has 0 spiro atoms. The minimum atomic E-state index is -4.61. The number of ether oxygens (including phenoxy) is 1. The van der Waals surface area contributed by atoms with Crippen molar-refractivity contribution in [2.24, 2.45) is 0 Å². The van der Waals surface area contributed by atoms with Crippen LogP contribution >= 0.6 is 0 Å². The maximum absolute atomic E-state index is 12.9. The zero-order valence-corrected chi connectivity index (χ0v) is 12.7. The minimum Gasteiger partial charge on any atom is -0.492 e. The predicted octanol–water partition coefficient (Wildman–Crippen LogP) is 2.66. The molecular formula is C15H14F3N5O. The molecule has 6 nitrogen and oxygen atoms in total. The summed E-state index contributed by atoms with van der Waals surface area (Å²) in [5, 5.41) is 10.6. The number of fused-ring (bicyclic) bond motifs is 1. The minimum absolute atomic E-state index is 0.0417. The van der Waals surface area contributed by atoms with Crippen molar-refractivity contribution < 1.29 is 17.9 Å². The third-order valence-electron chi connectivity index (χ3n) is 3.33. The van der Waals surface area contributed by atoms with Crippen LogP contribution in [0.25, 0.3) is 5.65 Å². The van der Waals surface area contributed by atoms with E-state index in [9.17, 15) is 13.2 Å². The zero-order valence-electron chi connectivity index (χ0n) is 12.7. The van der Waals surface area contributed by atoms with Gasteiger partial charge in [-0.05, 0) is 24.3 Å². The molecule has 0 aliphatic rings. The molecule has 3 rings (SSSR count). The molecule has 0 bridgehead atoms. The fourth-order valence-electron chi connectivity index (χ4n) is 2.09. The van der Waals surface area contributed by atoms with Gasteiger partial charge in [-0.2, -0.15) is 17.7 Å². The third-order valence-corrected chi connectivity index (χ3v) is 3.33. The highest BCUT2D eigenvalue weighted by Crippen LogP contribution is 2.27. The summed E-state index contributed by atoms with van der Waals surface area (Å²) in [4.78, 5) is 1.70. The van der Waals surface area contributed by atoms with Gasteiger partial charge in [-0.25, -0.2) is 0 Å². The fourth-order valence-corrected chi connectivity index (χ4v) is 2.09. The van der Waals surface area contributed by atoms with Gasteiger partial charge in [-0.15, -0.1) is 15.3 Å². The summed E-state index contributed by atoms with van der Waals surface area (Å²) in [6.07, 6.45) is -4.61. The van der Waals surface area contributed by atoms with Crippen LogP contribution in [0.1, 0.15) is 5.82 Å². The molecular weight excluding hydrogens is 323 g/mol. The number of likely N-dealkylation sites (N-methyl/N-ethyl adjacent to an activating group) is 1. The van der Waals surface area contributed by atoms with Crippen LogP contribution in [0.2, 0.25) is 0 Å². The van der Waals surface area contributed by atoms with Crippen LogP contribution in [0.15, 0.2) is 42.5 Å². The molecule has 0 atom stereocenters. The van der Waals surface area contributed by atoms with E-state index < -0.39 is 12.0 Å². The van der Waals surface area contributed by atoms with Gasteiger partial charge in [-0.1, -0.05) is 18.2 Å². The molecule has 24 heavy (non-hydrogen) atoms. The highest BCUT2D eigenvalue weighted by molar-refractivity contribution is 5.45. The van der Waals surface area contributed by atoms with Gasteiger partial charge in [0.15, 0.2) is 5.65 Å². The first-order chi connectivity index (χ1) is 11.4. The molecule has 0 unspecified atom stereocenters. The molecule has 0 amide bonds. The first-order valence-corrected chi connectivity index (χ1v) is 7.14. The summed E-state index contributed by atoms with van der Waals surface area (Å²) in [7, 11) is 1.72. The Bertz CT molecular complexity index is 819. The van der Waals surface area contributed by atoms with E-state index in [2.05, 4.69) is 15.3 Å². The Balaban J connectivity index is 1.71. The monoisotopic (exact) mass is 337 g/mol. The molecule has 0 saturated heterocycles. The van der Waals surface area contributed by atoms with Crippen LogP contribution in [0.5, 0.6) is 5.75 Å². The molecule has 0 aliphatic heterocycles. The average Bonchev–Trinajstić information content (AvgIpc) is 2.99. The predicted molar refractivity (Wildman–Crippen MR) is 81.0 cm³/mol. The van der Waals surface area contributed by atoms with Gasteiger partial charge in [0.2, 0.25) is 0 Å². The van der Waals surface area contributed by atoms with E-state index in [1.807, 2.05) is 30.3 Å². The normalized spacial score (nSPS) is 11.7. The summed E-state index contributed by atoms with van der Waals surface area (Å²) >= 11 is 0. The molecule has 1 aromatic carbocycles. The number of rotatable bonds is 5. The van der Waals surface area contributed by atoms with Crippen molar-refractivity contribution in [3.8, 4) is 5.75 Å². The van der Waals surface area contributed by atoms with Crippen molar-refractivity contribution in [3.63, 3.8) is 0 Å². The van der Waals surface area contributed by atoms with Gasteiger partial charge < -0.3 is 9.64 Å². The van der Waals surface area contributed by atoms with Crippen LogP contribution in [-0.4, -0.2) is 40.0 Å². The maximum atomic E-state index is 12.9. The molecule has 0 fully saturated rings. The van der Waals surface area contributed by atoms with Crippen molar-refractivity contribution in [2.75, 3.05) is 25.1 Å². The second kappa shape index (κ2) is 6.34. The maximum Gasteiger partial charge on any atom is 0.453 e. The lowest BCUT2D eigenvalue weighted by Gasteiger charge is -2.18. The largest absolute Gasteiger partial charge is 0.492 e. The highest BCUT2D eigenvalue weighted by atomic mass is 19.4. The van der Waals surface area contributed by atoms with E-state index in [0.717, 1.165) is 5.75 Å². The molecule has 3 aromatic rings.